The minimum absolute atomic E-state index is 0.0491. The van der Waals surface area contributed by atoms with E-state index in [1.54, 1.807) is 11.0 Å². The first-order chi connectivity index (χ1) is 8.63. The van der Waals surface area contributed by atoms with Crippen LogP contribution in [0.5, 0.6) is 0 Å². The lowest BCUT2D eigenvalue weighted by atomic mass is 10.2. The lowest BCUT2D eigenvalue weighted by Gasteiger charge is -2.19. The fourth-order valence-corrected chi connectivity index (χ4v) is 1.82. The second kappa shape index (κ2) is 7.21. The molecule has 0 unspecified atom stereocenters. The van der Waals surface area contributed by atoms with Crippen LogP contribution in [-0.4, -0.2) is 35.4 Å². The maximum absolute atomic E-state index is 12.2. The van der Waals surface area contributed by atoms with Gasteiger partial charge in [-0.2, -0.15) is 0 Å². The number of nitrogens with one attached hydrogen (secondary N) is 1. The number of hydrogen-bond acceptors (Lipinski definition) is 3. The Morgan fingerprint density at radius 1 is 1.39 bits per heavy atom. The van der Waals surface area contributed by atoms with Gasteiger partial charge in [-0.15, -0.1) is 0 Å². The molecule has 0 atom stereocenters. The molecule has 1 rings (SSSR count). The molecule has 1 aromatic rings. The number of rotatable bonds is 6. The Bertz CT molecular complexity index is 405. The maximum Gasteiger partial charge on any atom is 0.255 e. The molecule has 0 saturated heterocycles. The summed E-state index contributed by atoms with van der Waals surface area (Å²) < 4.78 is 0. The summed E-state index contributed by atoms with van der Waals surface area (Å²) in [6.45, 7) is 8.15. The van der Waals surface area contributed by atoms with Crippen molar-refractivity contribution >= 4 is 23.3 Å². The number of pyridine rings is 1. The Balaban J connectivity index is 2.95. The molecule has 0 fully saturated rings. The molecule has 0 aliphatic carbocycles. The number of halogens is 1. The lowest BCUT2D eigenvalue weighted by Crippen LogP contribution is -2.30. The number of anilines is 1. The van der Waals surface area contributed by atoms with Crippen molar-refractivity contribution in [2.75, 3.05) is 25.0 Å². The van der Waals surface area contributed by atoms with Gasteiger partial charge in [0.05, 0.1) is 10.6 Å². The van der Waals surface area contributed by atoms with E-state index >= 15 is 0 Å². The Hall–Kier alpha value is -1.29. The minimum atomic E-state index is -0.0491. The van der Waals surface area contributed by atoms with Crippen molar-refractivity contribution in [2.45, 2.75) is 27.2 Å². The van der Waals surface area contributed by atoms with E-state index in [1.165, 1.54) is 6.20 Å². The second-order valence-corrected chi connectivity index (χ2v) is 4.36. The Kier molecular flexibility index (Phi) is 5.92. The van der Waals surface area contributed by atoms with Crippen LogP contribution in [0.1, 0.15) is 37.6 Å². The highest BCUT2D eigenvalue weighted by atomic mass is 35.5. The smallest absolute Gasteiger partial charge is 0.255 e. The Morgan fingerprint density at radius 2 is 2.06 bits per heavy atom. The highest BCUT2D eigenvalue weighted by Gasteiger charge is 2.16. The molecule has 0 aromatic carbocycles. The monoisotopic (exact) mass is 269 g/mol. The number of amides is 1. The number of hydrogen-bond donors (Lipinski definition) is 1. The van der Waals surface area contributed by atoms with Crippen LogP contribution in [0, 0.1) is 0 Å². The molecule has 0 aliphatic heterocycles. The summed E-state index contributed by atoms with van der Waals surface area (Å²) in [5.74, 6) is 0.642. The van der Waals surface area contributed by atoms with Crippen molar-refractivity contribution in [3.05, 3.63) is 22.8 Å². The number of carbonyl (C=O) groups is 1. The van der Waals surface area contributed by atoms with Crippen LogP contribution < -0.4 is 5.32 Å². The molecule has 0 spiro atoms. The van der Waals surface area contributed by atoms with Gasteiger partial charge in [-0.25, -0.2) is 4.98 Å². The highest BCUT2D eigenvalue weighted by molar-refractivity contribution is 6.33. The first kappa shape index (κ1) is 14.8. The van der Waals surface area contributed by atoms with Gasteiger partial charge >= 0.3 is 0 Å². The van der Waals surface area contributed by atoms with E-state index in [4.69, 9.17) is 11.6 Å². The van der Waals surface area contributed by atoms with Crippen LogP contribution in [0.3, 0.4) is 0 Å². The molecule has 1 N–H and O–H groups in total. The van der Waals surface area contributed by atoms with Crippen LogP contribution >= 0.6 is 11.6 Å². The van der Waals surface area contributed by atoms with Crippen LogP contribution in [0.4, 0.5) is 5.82 Å². The molecule has 0 saturated carbocycles. The third-order valence-corrected chi connectivity index (χ3v) is 2.99. The first-order valence-corrected chi connectivity index (χ1v) is 6.70. The van der Waals surface area contributed by atoms with Crippen molar-refractivity contribution in [1.29, 1.82) is 0 Å². The third kappa shape index (κ3) is 3.60. The van der Waals surface area contributed by atoms with E-state index in [2.05, 4.69) is 17.2 Å². The van der Waals surface area contributed by atoms with E-state index in [1.807, 2.05) is 13.8 Å². The fraction of sp³-hybridized carbons (Fsp3) is 0.538. The van der Waals surface area contributed by atoms with E-state index in [0.717, 1.165) is 13.0 Å². The zero-order valence-corrected chi connectivity index (χ0v) is 11.9. The second-order valence-electron chi connectivity index (χ2n) is 3.95. The molecule has 100 valence electrons. The van der Waals surface area contributed by atoms with Crippen molar-refractivity contribution in [3.63, 3.8) is 0 Å². The van der Waals surface area contributed by atoms with Gasteiger partial charge in [0.1, 0.15) is 5.82 Å². The van der Waals surface area contributed by atoms with E-state index in [9.17, 15) is 4.79 Å². The van der Waals surface area contributed by atoms with Gasteiger partial charge in [-0.1, -0.05) is 18.5 Å². The van der Waals surface area contributed by atoms with Gasteiger partial charge < -0.3 is 10.2 Å². The fourth-order valence-electron chi connectivity index (χ4n) is 1.63. The van der Waals surface area contributed by atoms with Crippen molar-refractivity contribution in [3.8, 4) is 0 Å². The predicted octanol–water partition coefficient (Wildman–Crippen LogP) is 3.04. The van der Waals surface area contributed by atoms with E-state index in [-0.39, 0.29) is 5.91 Å². The van der Waals surface area contributed by atoms with Crippen LogP contribution in [-0.2, 0) is 0 Å². The topological polar surface area (TPSA) is 45.2 Å². The van der Waals surface area contributed by atoms with Crippen LogP contribution in [0.15, 0.2) is 12.3 Å². The molecular weight excluding hydrogens is 250 g/mol. The molecule has 1 amide bonds. The molecule has 1 aromatic heterocycles. The summed E-state index contributed by atoms with van der Waals surface area (Å²) in [7, 11) is 0. The highest BCUT2D eigenvalue weighted by Crippen LogP contribution is 2.19. The minimum Gasteiger partial charge on any atom is -0.370 e. The van der Waals surface area contributed by atoms with E-state index in [0.29, 0.717) is 29.5 Å². The number of aromatic nitrogens is 1. The van der Waals surface area contributed by atoms with Gasteiger partial charge in [0.2, 0.25) is 0 Å². The predicted molar refractivity (Wildman–Crippen MR) is 75.3 cm³/mol. The average Bonchev–Trinajstić information content (AvgIpc) is 2.39. The van der Waals surface area contributed by atoms with E-state index < -0.39 is 0 Å². The summed E-state index contributed by atoms with van der Waals surface area (Å²) in [4.78, 5) is 18.1. The third-order valence-electron chi connectivity index (χ3n) is 2.69. The molecule has 0 aliphatic rings. The molecule has 4 nitrogen and oxygen atoms in total. The summed E-state index contributed by atoms with van der Waals surface area (Å²) >= 11 is 6.05. The number of nitrogens with zero attached hydrogens (tertiary/aromatic N) is 2. The summed E-state index contributed by atoms with van der Waals surface area (Å²) in [6.07, 6.45) is 2.53. The van der Waals surface area contributed by atoms with Gasteiger partial charge in [-0.3, -0.25) is 4.79 Å². The van der Waals surface area contributed by atoms with Gasteiger partial charge in [0.25, 0.3) is 5.91 Å². The maximum atomic E-state index is 12.2. The van der Waals surface area contributed by atoms with Crippen molar-refractivity contribution in [1.82, 2.24) is 9.88 Å². The molecule has 1 heterocycles. The zero-order valence-electron chi connectivity index (χ0n) is 11.2. The quantitative estimate of drug-likeness (QED) is 0.863. The SMILES string of the molecule is CCCNc1cc(C(=O)N(CC)CC)c(Cl)cn1. The summed E-state index contributed by atoms with van der Waals surface area (Å²) in [5, 5.41) is 3.55. The van der Waals surface area contributed by atoms with Crippen molar-refractivity contribution < 1.29 is 4.79 Å². The van der Waals surface area contributed by atoms with Crippen LogP contribution in [0.25, 0.3) is 0 Å². The standard InChI is InChI=1S/C13H20ClN3O/c1-4-7-15-12-8-10(11(14)9-16-12)13(18)17(5-2)6-3/h8-9H,4-7H2,1-3H3,(H,15,16). The largest absolute Gasteiger partial charge is 0.370 e. The summed E-state index contributed by atoms with van der Waals surface area (Å²) in [5.41, 5.74) is 0.508. The molecule has 0 bridgehead atoms. The Morgan fingerprint density at radius 3 is 2.61 bits per heavy atom. The van der Waals surface area contributed by atoms with Gasteiger partial charge in [-0.05, 0) is 26.3 Å². The first-order valence-electron chi connectivity index (χ1n) is 6.32. The van der Waals surface area contributed by atoms with Gasteiger partial charge in [0.15, 0.2) is 0 Å². The molecule has 0 radical (unpaired) electrons. The van der Waals surface area contributed by atoms with Crippen molar-refractivity contribution in [2.24, 2.45) is 0 Å². The van der Waals surface area contributed by atoms with Gasteiger partial charge in [0, 0.05) is 25.8 Å². The lowest BCUT2D eigenvalue weighted by molar-refractivity contribution is 0.0773. The van der Waals surface area contributed by atoms with Crippen LogP contribution in [0.2, 0.25) is 5.02 Å². The Labute approximate surface area is 113 Å². The summed E-state index contributed by atoms with van der Waals surface area (Å²) in [6, 6.07) is 1.72. The number of carbonyl (C=O) groups excluding carboxylic acids is 1. The molecular formula is C13H20ClN3O. The average molecular weight is 270 g/mol. The normalized spacial score (nSPS) is 10.2. The molecule has 18 heavy (non-hydrogen) atoms. The molecule has 5 heteroatoms. The zero-order chi connectivity index (χ0) is 13.5.